The predicted molar refractivity (Wildman–Crippen MR) is 114 cm³/mol. The lowest BCUT2D eigenvalue weighted by Crippen LogP contribution is -2.21. The number of thiophene rings is 1. The highest BCUT2D eigenvalue weighted by atomic mass is 32.1. The van der Waals surface area contributed by atoms with Crippen molar-refractivity contribution in [2.75, 3.05) is 7.11 Å². The van der Waals surface area contributed by atoms with Crippen LogP contribution in [0.15, 0.2) is 59.0 Å². The number of benzene rings is 1. The summed E-state index contributed by atoms with van der Waals surface area (Å²) in [7, 11) is 3.31. The Hall–Kier alpha value is -3.73. The minimum absolute atomic E-state index is 0.116. The number of nitrogens with zero attached hydrogens (tertiary/aromatic N) is 3. The Bertz CT molecular complexity index is 1320. The predicted octanol–water partition coefficient (Wildman–Crippen LogP) is 4.37. The van der Waals surface area contributed by atoms with E-state index in [2.05, 4.69) is 10.1 Å². The fraction of sp³-hybridized carbons (Fsp3) is 0.143. The molecule has 7 nitrogen and oxygen atoms in total. The molecule has 4 rings (SSSR count). The van der Waals surface area contributed by atoms with Crippen LogP contribution in [0, 0.1) is 0 Å². The molecule has 3 heterocycles. The molecule has 166 valence electrons. The first-order valence-electron chi connectivity index (χ1n) is 8.97. The highest BCUT2D eigenvalue weighted by Gasteiger charge is 2.38. The van der Waals surface area contributed by atoms with Crippen molar-refractivity contribution in [3.63, 3.8) is 0 Å². The molecule has 0 amide bonds. The third-order valence-corrected chi connectivity index (χ3v) is 5.34. The molecular weight excluding hydrogens is 447 g/mol. The summed E-state index contributed by atoms with van der Waals surface area (Å²) in [6.07, 6.45) is -1.63. The molecular formula is C21H16F3N3O4S. The number of methoxy groups -OCH3 is 1. The summed E-state index contributed by atoms with van der Waals surface area (Å²) in [5.74, 6) is -2.01. The average molecular weight is 463 g/mol. The van der Waals surface area contributed by atoms with Gasteiger partial charge in [0.05, 0.1) is 17.2 Å². The molecule has 1 aromatic carbocycles. The average Bonchev–Trinajstić information content (AvgIpc) is 3.22. The molecule has 1 N–H and O–H groups in total. The maximum absolute atomic E-state index is 12.8. The second-order valence-electron chi connectivity index (χ2n) is 6.37. The molecule has 0 fully saturated rings. The van der Waals surface area contributed by atoms with Gasteiger partial charge in [-0.2, -0.15) is 18.3 Å². The summed E-state index contributed by atoms with van der Waals surface area (Å²) in [6, 6.07) is 11.5. The highest BCUT2D eigenvalue weighted by molar-refractivity contribution is 7.18. The molecule has 0 bridgehead atoms. The van der Waals surface area contributed by atoms with Crippen molar-refractivity contribution in [2.45, 2.75) is 6.18 Å². The van der Waals surface area contributed by atoms with Crippen LogP contribution in [0.4, 0.5) is 13.2 Å². The Morgan fingerprint density at radius 2 is 1.75 bits per heavy atom. The molecule has 0 radical (unpaired) electrons. The van der Waals surface area contributed by atoms with Gasteiger partial charge in [-0.05, 0) is 18.2 Å². The molecule has 4 aromatic rings. The third-order valence-electron chi connectivity index (χ3n) is 4.36. The Balaban J connectivity index is 0.000000360. The summed E-state index contributed by atoms with van der Waals surface area (Å²) in [5, 5.41) is 14.3. The number of carboxylic acids is 1. The number of hydrogen-bond acceptors (Lipinski definition) is 6. The van der Waals surface area contributed by atoms with Gasteiger partial charge in [0.25, 0.3) is 5.56 Å². The van der Waals surface area contributed by atoms with Gasteiger partial charge in [0.2, 0.25) is 0 Å². The number of hydrogen-bond donors (Lipinski definition) is 1. The zero-order chi connectivity index (χ0) is 23.5. The molecule has 0 aliphatic rings. The van der Waals surface area contributed by atoms with Crippen molar-refractivity contribution >= 4 is 27.4 Å². The maximum Gasteiger partial charge on any atom is 0.490 e. The van der Waals surface area contributed by atoms with Crippen LogP contribution < -0.4 is 10.3 Å². The molecule has 0 atom stereocenters. The summed E-state index contributed by atoms with van der Waals surface area (Å²) >= 11 is 1.52. The summed E-state index contributed by atoms with van der Waals surface area (Å²) < 4.78 is 39.5. The van der Waals surface area contributed by atoms with E-state index in [0.29, 0.717) is 5.39 Å². The van der Waals surface area contributed by atoms with E-state index in [1.54, 1.807) is 26.6 Å². The van der Waals surface area contributed by atoms with Crippen molar-refractivity contribution in [2.24, 2.45) is 7.05 Å². The van der Waals surface area contributed by atoms with Crippen molar-refractivity contribution in [1.82, 2.24) is 14.8 Å². The summed E-state index contributed by atoms with van der Waals surface area (Å²) in [6.45, 7) is 0. The van der Waals surface area contributed by atoms with Gasteiger partial charge in [0.15, 0.2) is 0 Å². The normalized spacial score (nSPS) is 11.0. The zero-order valence-corrected chi connectivity index (χ0v) is 17.6. The van der Waals surface area contributed by atoms with Crippen LogP contribution in [0.1, 0.15) is 0 Å². The standard InChI is InChI=1S/C19H15N3O2S.C2HF3O2/c1-22-19(23)16-14(13-5-3-4-6-15(13)24-2)11-25-18(16)17(21-22)12-7-9-20-10-8-12;3-2(4,5)1(6)7/h3-11H,1-2H3;(H,6,7). The number of rotatable bonds is 3. The lowest BCUT2D eigenvalue weighted by Gasteiger charge is -2.09. The third kappa shape index (κ3) is 4.62. The first-order valence-corrected chi connectivity index (χ1v) is 9.85. The summed E-state index contributed by atoms with van der Waals surface area (Å²) in [4.78, 5) is 25.8. The van der Waals surface area contributed by atoms with E-state index >= 15 is 0 Å². The number of ether oxygens (including phenoxy) is 1. The van der Waals surface area contributed by atoms with Gasteiger partial charge in [0, 0.05) is 41.5 Å². The maximum atomic E-state index is 12.8. The number of aryl methyl sites for hydroxylation is 1. The second kappa shape index (κ2) is 9.18. The van der Waals surface area contributed by atoms with Crippen LogP contribution in [-0.2, 0) is 11.8 Å². The number of aromatic nitrogens is 3. The van der Waals surface area contributed by atoms with Crippen LogP contribution in [0.3, 0.4) is 0 Å². The Morgan fingerprint density at radius 3 is 2.34 bits per heavy atom. The van der Waals surface area contributed by atoms with Crippen LogP contribution >= 0.6 is 11.3 Å². The Labute approximate surface area is 183 Å². The fourth-order valence-corrected chi connectivity index (χ4v) is 3.98. The van der Waals surface area contributed by atoms with Crippen LogP contribution in [0.5, 0.6) is 5.75 Å². The first kappa shape index (κ1) is 22.9. The minimum Gasteiger partial charge on any atom is -0.496 e. The molecule has 0 aliphatic carbocycles. The molecule has 11 heteroatoms. The number of fused-ring (bicyclic) bond motifs is 1. The number of carbonyl (C=O) groups is 1. The number of carboxylic acid groups (broad SMARTS) is 1. The zero-order valence-electron chi connectivity index (χ0n) is 16.8. The highest BCUT2D eigenvalue weighted by Crippen LogP contribution is 2.39. The van der Waals surface area contributed by atoms with Gasteiger partial charge in [-0.15, -0.1) is 11.3 Å². The second-order valence-corrected chi connectivity index (χ2v) is 7.25. The molecule has 0 spiro atoms. The van der Waals surface area contributed by atoms with E-state index in [-0.39, 0.29) is 5.56 Å². The molecule has 0 unspecified atom stereocenters. The molecule has 3 aromatic heterocycles. The van der Waals surface area contributed by atoms with Gasteiger partial charge < -0.3 is 9.84 Å². The number of aliphatic carboxylic acids is 1. The van der Waals surface area contributed by atoms with E-state index in [1.807, 2.05) is 41.8 Å². The number of pyridine rings is 1. The number of para-hydroxylation sites is 1. The lowest BCUT2D eigenvalue weighted by atomic mass is 10.0. The van der Waals surface area contributed by atoms with Crippen molar-refractivity contribution in [1.29, 1.82) is 0 Å². The van der Waals surface area contributed by atoms with Crippen molar-refractivity contribution in [3.8, 4) is 28.1 Å². The van der Waals surface area contributed by atoms with E-state index in [0.717, 1.165) is 32.8 Å². The van der Waals surface area contributed by atoms with E-state index < -0.39 is 12.1 Å². The lowest BCUT2D eigenvalue weighted by molar-refractivity contribution is -0.192. The van der Waals surface area contributed by atoms with Gasteiger partial charge in [-0.25, -0.2) is 9.48 Å². The van der Waals surface area contributed by atoms with E-state index in [4.69, 9.17) is 14.6 Å². The van der Waals surface area contributed by atoms with E-state index in [1.165, 1.54) is 16.0 Å². The topological polar surface area (TPSA) is 94.3 Å². The van der Waals surface area contributed by atoms with Crippen LogP contribution in [-0.4, -0.2) is 39.1 Å². The van der Waals surface area contributed by atoms with Gasteiger partial charge in [-0.1, -0.05) is 18.2 Å². The first-order chi connectivity index (χ1) is 15.1. The van der Waals surface area contributed by atoms with Crippen LogP contribution in [0.25, 0.3) is 32.5 Å². The Morgan fingerprint density at radius 1 is 1.12 bits per heavy atom. The van der Waals surface area contributed by atoms with Gasteiger partial charge in [-0.3, -0.25) is 9.78 Å². The fourth-order valence-electron chi connectivity index (χ4n) is 2.91. The van der Waals surface area contributed by atoms with Gasteiger partial charge in [0.1, 0.15) is 11.4 Å². The van der Waals surface area contributed by atoms with Crippen molar-refractivity contribution in [3.05, 3.63) is 64.5 Å². The van der Waals surface area contributed by atoms with E-state index in [9.17, 15) is 18.0 Å². The molecule has 0 saturated carbocycles. The smallest absolute Gasteiger partial charge is 0.490 e. The monoisotopic (exact) mass is 463 g/mol. The minimum atomic E-state index is -5.08. The Kier molecular flexibility index (Phi) is 6.58. The van der Waals surface area contributed by atoms with Crippen LogP contribution in [0.2, 0.25) is 0 Å². The molecule has 0 saturated heterocycles. The largest absolute Gasteiger partial charge is 0.496 e. The molecule has 32 heavy (non-hydrogen) atoms. The van der Waals surface area contributed by atoms with Gasteiger partial charge >= 0.3 is 12.1 Å². The quantitative estimate of drug-likeness (QED) is 0.485. The number of halogens is 3. The molecule has 0 aliphatic heterocycles. The number of alkyl halides is 3. The summed E-state index contributed by atoms with van der Waals surface area (Å²) in [5.41, 5.74) is 3.38. The van der Waals surface area contributed by atoms with Crippen molar-refractivity contribution < 1.29 is 27.8 Å². The SMILES string of the molecule is COc1ccccc1-c1csc2c(-c3ccncc3)nn(C)c(=O)c12.O=C(O)C(F)(F)F.